The lowest BCUT2D eigenvalue weighted by molar-refractivity contribution is 0.156. The molecule has 2 fully saturated rings. The monoisotopic (exact) mass is 500 g/mol. The molecular weight excluding hydrogens is 463 g/mol. The summed E-state index contributed by atoms with van der Waals surface area (Å²) in [5, 5.41) is 3.50. The molecule has 5 nitrogen and oxygen atoms in total. The van der Waals surface area contributed by atoms with Gasteiger partial charge >= 0.3 is 0 Å². The SMILES string of the molecule is CCNC(=NCc1ccccc1CN(C)C(C)C)N1CCC2(CCOC2)C1.I. The van der Waals surface area contributed by atoms with Crippen LogP contribution in [0.2, 0.25) is 0 Å². The van der Waals surface area contributed by atoms with Crippen LogP contribution in [-0.2, 0) is 17.8 Å². The van der Waals surface area contributed by atoms with E-state index in [4.69, 9.17) is 9.73 Å². The van der Waals surface area contributed by atoms with Gasteiger partial charge in [0, 0.05) is 44.2 Å². The summed E-state index contributed by atoms with van der Waals surface area (Å²) in [6.07, 6.45) is 2.40. The number of benzene rings is 1. The van der Waals surface area contributed by atoms with Gasteiger partial charge in [-0.05, 0) is 51.8 Å². The Labute approximate surface area is 187 Å². The number of ether oxygens (including phenoxy) is 1. The Morgan fingerprint density at radius 2 is 2.04 bits per heavy atom. The molecule has 1 spiro atoms. The molecular formula is C22H37IN4O. The third kappa shape index (κ3) is 5.83. The molecule has 0 saturated carbocycles. The topological polar surface area (TPSA) is 40.1 Å². The Bertz CT molecular complexity index is 643. The normalized spacial score (nSPS) is 22.4. The molecule has 1 aromatic rings. The van der Waals surface area contributed by atoms with Crippen molar-refractivity contribution in [1.82, 2.24) is 15.1 Å². The van der Waals surface area contributed by atoms with E-state index < -0.39 is 0 Å². The van der Waals surface area contributed by atoms with E-state index in [9.17, 15) is 0 Å². The number of halogens is 1. The van der Waals surface area contributed by atoms with Crippen molar-refractivity contribution >= 4 is 29.9 Å². The Kier molecular flexibility index (Phi) is 9.02. The fraction of sp³-hybridized carbons (Fsp3) is 0.682. The van der Waals surface area contributed by atoms with Crippen molar-refractivity contribution in [2.75, 3.05) is 39.9 Å². The van der Waals surface area contributed by atoms with Gasteiger partial charge in [-0.25, -0.2) is 4.99 Å². The van der Waals surface area contributed by atoms with Crippen LogP contribution in [-0.4, -0.2) is 61.7 Å². The smallest absolute Gasteiger partial charge is 0.194 e. The molecule has 0 amide bonds. The highest BCUT2D eigenvalue weighted by atomic mass is 127. The van der Waals surface area contributed by atoms with E-state index in [0.717, 1.165) is 51.9 Å². The van der Waals surface area contributed by atoms with Crippen LogP contribution in [0.15, 0.2) is 29.3 Å². The molecule has 6 heteroatoms. The number of guanidine groups is 1. The number of nitrogens with zero attached hydrogens (tertiary/aromatic N) is 3. The summed E-state index contributed by atoms with van der Waals surface area (Å²) in [6, 6.07) is 9.24. The quantitative estimate of drug-likeness (QED) is 0.367. The van der Waals surface area contributed by atoms with Gasteiger partial charge in [-0.1, -0.05) is 24.3 Å². The largest absolute Gasteiger partial charge is 0.381 e. The van der Waals surface area contributed by atoms with Crippen molar-refractivity contribution < 1.29 is 4.74 Å². The zero-order chi connectivity index (χ0) is 19.3. The number of aliphatic imine (C=N–C) groups is 1. The fourth-order valence-corrected chi connectivity index (χ4v) is 3.99. The Hall–Kier alpha value is -0.860. The zero-order valence-electron chi connectivity index (χ0n) is 17.9. The van der Waals surface area contributed by atoms with Crippen LogP contribution in [0.25, 0.3) is 0 Å². The van der Waals surface area contributed by atoms with Crippen molar-refractivity contribution in [2.24, 2.45) is 10.4 Å². The van der Waals surface area contributed by atoms with E-state index >= 15 is 0 Å². The second kappa shape index (κ2) is 10.8. The lowest BCUT2D eigenvalue weighted by Crippen LogP contribution is -2.41. The van der Waals surface area contributed by atoms with Gasteiger partial charge in [0.1, 0.15) is 0 Å². The highest BCUT2D eigenvalue weighted by molar-refractivity contribution is 14.0. The van der Waals surface area contributed by atoms with Gasteiger partial charge in [0.25, 0.3) is 0 Å². The zero-order valence-corrected chi connectivity index (χ0v) is 20.2. The maximum absolute atomic E-state index is 5.68. The number of hydrogen-bond acceptors (Lipinski definition) is 3. The maximum Gasteiger partial charge on any atom is 0.194 e. The lowest BCUT2D eigenvalue weighted by atomic mass is 9.87. The Morgan fingerprint density at radius 3 is 2.68 bits per heavy atom. The van der Waals surface area contributed by atoms with Crippen molar-refractivity contribution in [3.8, 4) is 0 Å². The molecule has 0 radical (unpaired) electrons. The van der Waals surface area contributed by atoms with Crippen LogP contribution in [0.3, 0.4) is 0 Å². The van der Waals surface area contributed by atoms with E-state index in [1.807, 2.05) is 0 Å². The van der Waals surface area contributed by atoms with Crippen LogP contribution < -0.4 is 5.32 Å². The molecule has 0 bridgehead atoms. The van der Waals surface area contributed by atoms with Crippen LogP contribution >= 0.6 is 24.0 Å². The summed E-state index contributed by atoms with van der Waals surface area (Å²) in [7, 11) is 2.18. The van der Waals surface area contributed by atoms with Gasteiger partial charge in [-0.2, -0.15) is 0 Å². The number of rotatable bonds is 6. The summed E-state index contributed by atoms with van der Waals surface area (Å²) in [4.78, 5) is 9.81. The van der Waals surface area contributed by atoms with E-state index in [1.165, 1.54) is 24.0 Å². The first-order chi connectivity index (χ1) is 13.0. The first-order valence-corrected chi connectivity index (χ1v) is 10.4. The highest BCUT2D eigenvalue weighted by Gasteiger charge is 2.42. The molecule has 28 heavy (non-hydrogen) atoms. The van der Waals surface area contributed by atoms with Gasteiger partial charge in [0.15, 0.2) is 5.96 Å². The van der Waals surface area contributed by atoms with E-state index in [0.29, 0.717) is 11.5 Å². The average molecular weight is 500 g/mol. The van der Waals surface area contributed by atoms with Crippen LogP contribution in [0, 0.1) is 5.41 Å². The van der Waals surface area contributed by atoms with E-state index in [2.05, 4.69) is 67.2 Å². The van der Waals surface area contributed by atoms with E-state index in [-0.39, 0.29) is 24.0 Å². The highest BCUT2D eigenvalue weighted by Crippen LogP contribution is 2.38. The predicted octanol–water partition coefficient (Wildman–Crippen LogP) is 3.72. The molecule has 0 aliphatic carbocycles. The summed E-state index contributed by atoms with van der Waals surface area (Å²) in [5.74, 6) is 1.05. The minimum absolute atomic E-state index is 0. The molecule has 158 valence electrons. The maximum atomic E-state index is 5.68. The second-order valence-corrected chi connectivity index (χ2v) is 8.42. The second-order valence-electron chi connectivity index (χ2n) is 8.42. The summed E-state index contributed by atoms with van der Waals surface area (Å²) >= 11 is 0. The minimum Gasteiger partial charge on any atom is -0.381 e. The third-order valence-electron chi connectivity index (χ3n) is 6.08. The van der Waals surface area contributed by atoms with Crippen molar-refractivity contribution in [1.29, 1.82) is 0 Å². The number of nitrogens with one attached hydrogen (secondary N) is 1. The minimum atomic E-state index is 0. The van der Waals surface area contributed by atoms with Crippen LogP contribution in [0.1, 0.15) is 44.7 Å². The summed E-state index contributed by atoms with van der Waals surface area (Å²) in [5.41, 5.74) is 3.04. The predicted molar refractivity (Wildman–Crippen MR) is 127 cm³/mol. The van der Waals surface area contributed by atoms with Crippen LogP contribution in [0.4, 0.5) is 0 Å². The third-order valence-corrected chi connectivity index (χ3v) is 6.08. The first-order valence-electron chi connectivity index (χ1n) is 10.4. The molecule has 1 atom stereocenters. The van der Waals surface area contributed by atoms with E-state index in [1.54, 1.807) is 0 Å². The lowest BCUT2D eigenvalue weighted by Gasteiger charge is -2.25. The number of hydrogen-bond donors (Lipinski definition) is 1. The molecule has 1 N–H and O–H groups in total. The van der Waals surface area contributed by atoms with Crippen molar-refractivity contribution in [3.05, 3.63) is 35.4 Å². The van der Waals surface area contributed by atoms with Gasteiger partial charge in [-0.15, -0.1) is 24.0 Å². The fourth-order valence-electron chi connectivity index (χ4n) is 3.99. The molecule has 1 unspecified atom stereocenters. The van der Waals surface area contributed by atoms with Crippen molar-refractivity contribution in [3.63, 3.8) is 0 Å². The van der Waals surface area contributed by atoms with Crippen LogP contribution in [0.5, 0.6) is 0 Å². The molecule has 0 aromatic heterocycles. The average Bonchev–Trinajstić information content (AvgIpc) is 3.29. The molecule has 2 heterocycles. The number of likely N-dealkylation sites (tertiary alicyclic amines) is 1. The molecule has 2 aliphatic rings. The van der Waals surface area contributed by atoms with Gasteiger partial charge < -0.3 is 15.0 Å². The Balaban J connectivity index is 0.00000280. The summed E-state index contributed by atoms with van der Waals surface area (Å²) < 4.78 is 5.68. The summed E-state index contributed by atoms with van der Waals surface area (Å²) in [6.45, 7) is 13.2. The van der Waals surface area contributed by atoms with Gasteiger partial charge in [0.2, 0.25) is 0 Å². The van der Waals surface area contributed by atoms with Gasteiger partial charge in [-0.3, -0.25) is 4.90 Å². The molecule has 3 rings (SSSR count). The first kappa shape index (κ1) is 23.4. The Morgan fingerprint density at radius 1 is 1.29 bits per heavy atom. The standard InChI is InChI=1S/C22H36N4O.HI/c1-5-23-21(26-12-10-22(16-26)11-13-27-17-22)24-14-19-8-6-7-9-20(19)15-25(4)18(2)3;/h6-9,18H,5,10-17H2,1-4H3,(H,23,24);1H. The van der Waals surface area contributed by atoms with Crippen molar-refractivity contribution in [2.45, 2.75) is 52.7 Å². The van der Waals surface area contributed by atoms with Gasteiger partial charge in [0.05, 0.1) is 13.2 Å². The molecule has 1 aromatic carbocycles. The molecule has 2 saturated heterocycles. The molecule has 2 aliphatic heterocycles.